The van der Waals surface area contributed by atoms with Crippen LogP contribution in [-0.4, -0.2) is 47.6 Å². The van der Waals surface area contributed by atoms with Gasteiger partial charge < -0.3 is 20.5 Å². The first-order valence-electron chi connectivity index (χ1n) is 6.89. The van der Waals surface area contributed by atoms with Crippen molar-refractivity contribution in [3.63, 3.8) is 0 Å². The van der Waals surface area contributed by atoms with E-state index in [1.807, 2.05) is 13.8 Å². The molecular formula is C15H22N2O4. The van der Waals surface area contributed by atoms with Crippen molar-refractivity contribution in [2.75, 3.05) is 19.8 Å². The molecule has 1 rings (SSSR count). The summed E-state index contributed by atoms with van der Waals surface area (Å²) in [7, 11) is 0. The Morgan fingerprint density at radius 2 is 2.00 bits per heavy atom. The van der Waals surface area contributed by atoms with Crippen molar-refractivity contribution < 1.29 is 19.4 Å². The molecule has 0 fully saturated rings. The Bertz CT molecular complexity index is 488. The maximum absolute atomic E-state index is 12.1. The van der Waals surface area contributed by atoms with Gasteiger partial charge in [-0.3, -0.25) is 9.59 Å². The highest BCUT2D eigenvalue weighted by Gasteiger charge is 2.18. The largest absolute Gasteiger partial charge is 0.483 e. The fourth-order valence-corrected chi connectivity index (χ4v) is 1.93. The first-order chi connectivity index (χ1) is 9.97. The summed E-state index contributed by atoms with van der Waals surface area (Å²) in [5, 5.41) is 8.86. The predicted molar refractivity (Wildman–Crippen MR) is 79.0 cm³/mol. The third-order valence-electron chi connectivity index (χ3n) is 3.00. The summed E-state index contributed by atoms with van der Waals surface area (Å²) < 4.78 is 5.42. The summed E-state index contributed by atoms with van der Waals surface area (Å²) in [6.07, 6.45) is 0.516. The number of carbonyl (C=O) groups excluding carboxylic acids is 2. The molecule has 6 heteroatoms. The zero-order chi connectivity index (χ0) is 15.8. The van der Waals surface area contributed by atoms with Gasteiger partial charge in [0.1, 0.15) is 5.75 Å². The van der Waals surface area contributed by atoms with E-state index in [0.717, 1.165) is 0 Å². The fourth-order valence-electron chi connectivity index (χ4n) is 1.93. The zero-order valence-electron chi connectivity index (χ0n) is 12.4. The second-order valence-corrected chi connectivity index (χ2v) is 4.91. The van der Waals surface area contributed by atoms with Gasteiger partial charge in [0.05, 0.1) is 5.56 Å². The summed E-state index contributed by atoms with van der Waals surface area (Å²) >= 11 is 0. The molecular weight excluding hydrogens is 272 g/mol. The van der Waals surface area contributed by atoms with Crippen molar-refractivity contribution in [3.8, 4) is 5.75 Å². The number of para-hydroxylation sites is 1. The maximum Gasteiger partial charge on any atom is 0.260 e. The number of hydrogen-bond acceptors (Lipinski definition) is 4. The Balaban J connectivity index is 2.69. The van der Waals surface area contributed by atoms with E-state index in [2.05, 4.69) is 0 Å². The molecule has 0 spiro atoms. The maximum atomic E-state index is 12.1. The van der Waals surface area contributed by atoms with E-state index in [9.17, 15) is 9.59 Å². The number of carbonyl (C=O) groups is 2. The number of aliphatic hydroxyl groups is 1. The van der Waals surface area contributed by atoms with E-state index in [0.29, 0.717) is 18.7 Å². The minimum absolute atomic E-state index is 0.0130. The summed E-state index contributed by atoms with van der Waals surface area (Å²) in [4.78, 5) is 25.0. The van der Waals surface area contributed by atoms with Crippen LogP contribution in [0.15, 0.2) is 24.3 Å². The molecule has 21 heavy (non-hydrogen) atoms. The van der Waals surface area contributed by atoms with Gasteiger partial charge in [-0.15, -0.1) is 0 Å². The number of hydrogen-bond donors (Lipinski definition) is 2. The summed E-state index contributed by atoms with van der Waals surface area (Å²) in [5.41, 5.74) is 5.50. The molecule has 0 saturated heterocycles. The lowest BCUT2D eigenvalue weighted by Gasteiger charge is -2.26. The summed E-state index contributed by atoms with van der Waals surface area (Å²) in [5.74, 6) is -0.499. The van der Waals surface area contributed by atoms with Gasteiger partial charge in [-0.05, 0) is 32.4 Å². The molecule has 0 aliphatic rings. The smallest absolute Gasteiger partial charge is 0.260 e. The Morgan fingerprint density at radius 3 is 2.57 bits per heavy atom. The van der Waals surface area contributed by atoms with Crippen molar-refractivity contribution in [1.29, 1.82) is 0 Å². The number of rotatable bonds is 8. The van der Waals surface area contributed by atoms with E-state index < -0.39 is 5.91 Å². The number of aliphatic hydroxyl groups excluding tert-OH is 1. The molecule has 1 aromatic carbocycles. The number of primary amides is 1. The number of ether oxygens (including phenoxy) is 1. The van der Waals surface area contributed by atoms with Crippen LogP contribution in [0, 0.1) is 0 Å². The van der Waals surface area contributed by atoms with E-state index in [-0.39, 0.29) is 30.7 Å². The molecule has 0 aliphatic carbocycles. The lowest BCUT2D eigenvalue weighted by atomic mass is 10.2. The van der Waals surface area contributed by atoms with Crippen LogP contribution in [0.1, 0.15) is 30.6 Å². The molecule has 0 bridgehead atoms. The first kappa shape index (κ1) is 17.0. The van der Waals surface area contributed by atoms with E-state index in [1.165, 1.54) is 0 Å². The quantitative estimate of drug-likeness (QED) is 0.741. The highest BCUT2D eigenvalue weighted by Crippen LogP contribution is 2.17. The second kappa shape index (κ2) is 8.26. The molecule has 116 valence electrons. The molecule has 0 aromatic heterocycles. The topological polar surface area (TPSA) is 92.9 Å². The van der Waals surface area contributed by atoms with E-state index >= 15 is 0 Å². The van der Waals surface area contributed by atoms with Crippen molar-refractivity contribution >= 4 is 11.8 Å². The molecule has 0 atom stereocenters. The number of nitrogens with zero attached hydrogens (tertiary/aromatic N) is 1. The predicted octanol–water partition coefficient (Wildman–Crippen LogP) is 0.784. The Kier molecular flexibility index (Phi) is 6.68. The second-order valence-electron chi connectivity index (χ2n) is 4.91. The van der Waals surface area contributed by atoms with Gasteiger partial charge in [-0.2, -0.15) is 0 Å². The monoisotopic (exact) mass is 294 g/mol. The normalized spacial score (nSPS) is 10.5. The average Bonchev–Trinajstić information content (AvgIpc) is 2.45. The highest BCUT2D eigenvalue weighted by molar-refractivity contribution is 5.95. The zero-order valence-corrected chi connectivity index (χ0v) is 12.4. The van der Waals surface area contributed by atoms with Gasteiger partial charge in [0.25, 0.3) is 11.8 Å². The molecule has 0 heterocycles. The van der Waals surface area contributed by atoms with Crippen LogP contribution in [0.5, 0.6) is 5.75 Å². The van der Waals surface area contributed by atoms with Crippen LogP contribution >= 0.6 is 0 Å². The van der Waals surface area contributed by atoms with Gasteiger partial charge >= 0.3 is 0 Å². The van der Waals surface area contributed by atoms with Crippen molar-refractivity contribution in [2.45, 2.75) is 26.3 Å². The number of nitrogens with two attached hydrogens (primary N) is 1. The van der Waals surface area contributed by atoms with Gasteiger partial charge in [0.2, 0.25) is 0 Å². The van der Waals surface area contributed by atoms with Crippen LogP contribution in [0.4, 0.5) is 0 Å². The SMILES string of the molecule is CC(C)N(CCCO)C(=O)COc1ccccc1C(N)=O. The lowest BCUT2D eigenvalue weighted by Crippen LogP contribution is -2.41. The minimum atomic E-state index is -0.598. The van der Waals surface area contributed by atoms with Crippen molar-refractivity contribution in [3.05, 3.63) is 29.8 Å². The van der Waals surface area contributed by atoms with E-state index in [4.69, 9.17) is 15.6 Å². The van der Waals surface area contributed by atoms with Crippen LogP contribution < -0.4 is 10.5 Å². The minimum Gasteiger partial charge on any atom is -0.483 e. The van der Waals surface area contributed by atoms with Gasteiger partial charge in [0, 0.05) is 19.2 Å². The molecule has 6 nitrogen and oxygen atoms in total. The van der Waals surface area contributed by atoms with Crippen LogP contribution in [-0.2, 0) is 4.79 Å². The van der Waals surface area contributed by atoms with E-state index in [1.54, 1.807) is 29.2 Å². The van der Waals surface area contributed by atoms with Crippen molar-refractivity contribution in [2.24, 2.45) is 5.73 Å². The first-order valence-corrected chi connectivity index (χ1v) is 6.89. The van der Waals surface area contributed by atoms with Crippen LogP contribution in [0.2, 0.25) is 0 Å². The van der Waals surface area contributed by atoms with Gasteiger partial charge in [0.15, 0.2) is 6.61 Å². The molecule has 3 N–H and O–H groups in total. The third kappa shape index (κ3) is 5.07. The third-order valence-corrected chi connectivity index (χ3v) is 3.00. The van der Waals surface area contributed by atoms with Crippen LogP contribution in [0.3, 0.4) is 0 Å². The Hall–Kier alpha value is -2.08. The molecule has 0 unspecified atom stereocenters. The average molecular weight is 294 g/mol. The highest BCUT2D eigenvalue weighted by atomic mass is 16.5. The molecule has 0 saturated carbocycles. The lowest BCUT2D eigenvalue weighted by molar-refractivity contribution is -0.135. The Labute approximate surface area is 124 Å². The molecule has 0 radical (unpaired) electrons. The summed E-state index contributed by atoms with van der Waals surface area (Å²) in [6.45, 7) is 4.11. The molecule has 1 aromatic rings. The van der Waals surface area contributed by atoms with Gasteiger partial charge in [-0.1, -0.05) is 12.1 Å². The molecule has 2 amide bonds. The van der Waals surface area contributed by atoms with Crippen molar-refractivity contribution in [1.82, 2.24) is 4.90 Å². The fraction of sp³-hybridized carbons (Fsp3) is 0.467. The molecule has 0 aliphatic heterocycles. The summed E-state index contributed by atoms with van der Waals surface area (Å²) in [6, 6.07) is 6.54. The van der Waals surface area contributed by atoms with Gasteiger partial charge in [-0.25, -0.2) is 0 Å². The number of amides is 2. The standard InChI is InChI=1S/C15H22N2O4/c1-11(2)17(8-5-9-18)14(19)10-21-13-7-4-3-6-12(13)15(16)20/h3-4,6-7,11,18H,5,8-10H2,1-2H3,(H2,16,20). The van der Waals surface area contributed by atoms with Crippen LogP contribution in [0.25, 0.3) is 0 Å². The number of benzene rings is 1. The Morgan fingerprint density at radius 1 is 1.33 bits per heavy atom.